The predicted octanol–water partition coefficient (Wildman–Crippen LogP) is 6.26. The molecule has 1 saturated heterocycles. The van der Waals surface area contributed by atoms with E-state index < -0.39 is 0 Å². The Morgan fingerprint density at radius 3 is 2.18 bits per heavy atom. The summed E-state index contributed by atoms with van der Waals surface area (Å²) < 4.78 is 2.27. The number of aromatic nitrogens is 2. The topological polar surface area (TPSA) is 41.4 Å². The Morgan fingerprint density at radius 1 is 0.872 bits per heavy atom. The van der Waals surface area contributed by atoms with Crippen LogP contribution in [-0.2, 0) is 19.4 Å². The summed E-state index contributed by atoms with van der Waals surface area (Å²) in [5.74, 6) is 0.568. The number of imidazole rings is 1. The highest BCUT2D eigenvalue weighted by molar-refractivity contribution is 5.98. The van der Waals surface area contributed by atoms with Gasteiger partial charge >= 0.3 is 0 Å². The van der Waals surface area contributed by atoms with Crippen LogP contribution in [0.5, 0.6) is 0 Å². The molecule has 2 heterocycles. The molecule has 4 aromatic rings. The van der Waals surface area contributed by atoms with E-state index >= 15 is 0 Å². The molecule has 1 aliphatic heterocycles. The van der Waals surface area contributed by atoms with E-state index in [2.05, 4.69) is 94.9 Å². The molecule has 2 aliphatic rings. The van der Waals surface area contributed by atoms with Gasteiger partial charge in [-0.3, -0.25) is 9.69 Å². The van der Waals surface area contributed by atoms with Crippen LogP contribution in [0.4, 0.5) is 0 Å². The molecular formula is C34H38N4O. The van der Waals surface area contributed by atoms with Crippen LogP contribution < -0.4 is 0 Å². The molecule has 5 heteroatoms. The number of fused-ring (bicyclic) bond motifs is 1. The first kappa shape index (κ1) is 25.6. The first-order valence-electron chi connectivity index (χ1n) is 14.3. The van der Waals surface area contributed by atoms with Crippen LogP contribution >= 0.6 is 0 Å². The van der Waals surface area contributed by atoms with E-state index in [1.54, 1.807) is 0 Å². The van der Waals surface area contributed by atoms with Gasteiger partial charge in [0.15, 0.2) is 5.69 Å². The van der Waals surface area contributed by atoms with Crippen LogP contribution in [0.3, 0.4) is 0 Å². The van der Waals surface area contributed by atoms with Crippen LogP contribution in [-0.4, -0.2) is 50.9 Å². The lowest BCUT2D eigenvalue weighted by Crippen LogP contribution is -2.55. The molecule has 0 spiro atoms. The molecule has 1 atom stereocenters. The number of carbonyl (C=O) groups is 1. The zero-order valence-corrected chi connectivity index (χ0v) is 23.0. The number of carbonyl (C=O) groups excluding carboxylic acids is 1. The average Bonchev–Trinajstić information content (AvgIpc) is 3.58. The van der Waals surface area contributed by atoms with Gasteiger partial charge in [0.1, 0.15) is 0 Å². The lowest BCUT2D eigenvalue weighted by atomic mass is 9.98. The molecule has 1 fully saturated rings. The monoisotopic (exact) mass is 518 g/mol. The van der Waals surface area contributed by atoms with Gasteiger partial charge in [0.2, 0.25) is 0 Å². The van der Waals surface area contributed by atoms with Crippen molar-refractivity contribution in [3.8, 4) is 11.3 Å². The Labute approximate surface area is 232 Å². The van der Waals surface area contributed by atoms with Gasteiger partial charge in [-0.25, -0.2) is 4.98 Å². The van der Waals surface area contributed by atoms with Gasteiger partial charge in [0.05, 0.1) is 12.0 Å². The summed E-state index contributed by atoms with van der Waals surface area (Å²) in [7, 11) is 0. The lowest BCUT2D eigenvalue weighted by Gasteiger charge is -2.42. The minimum absolute atomic E-state index is 0.0631. The highest BCUT2D eigenvalue weighted by Crippen LogP contribution is 2.35. The van der Waals surface area contributed by atoms with Crippen molar-refractivity contribution < 1.29 is 4.79 Å². The van der Waals surface area contributed by atoms with Crippen LogP contribution in [0.25, 0.3) is 11.3 Å². The minimum Gasteiger partial charge on any atom is -0.332 e. The van der Waals surface area contributed by atoms with Gasteiger partial charge in [-0.1, -0.05) is 98.8 Å². The first-order valence-corrected chi connectivity index (χ1v) is 14.3. The molecule has 0 bridgehead atoms. The first-order chi connectivity index (χ1) is 19.1. The zero-order valence-electron chi connectivity index (χ0n) is 23.0. The summed E-state index contributed by atoms with van der Waals surface area (Å²) in [6.45, 7) is 7.90. The third-order valence-electron chi connectivity index (χ3n) is 8.29. The summed E-state index contributed by atoms with van der Waals surface area (Å²) in [4.78, 5) is 23.8. The van der Waals surface area contributed by atoms with Gasteiger partial charge in [-0.05, 0) is 41.9 Å². The molecule has 5 nitrogen and oxygen atoms in total. The van der Waals surface area contributed by atoms with Gasteiger partial charge < -0.3 is 9.47 Å². The Balaban J connectivity index is 1.30. The molecule has 1 amide bonds. The van der Waals surface area contributed by atoms with Gasteiger partial charge in [0.25, 0.3) is 5.91 Å². The molecule has 1 aliphatic carbocycles. The second-order valence-corrected chi connectivity index (χ2v) is 11.5. The number of nitrogens with zero attached hydrogens (tertiary/aromatic N) is 4. The highest BCUT2D eigenvalue weighted by atomic mass is 16.2. The molecular weight excluding hydrogens is 480 g/mol. The van der Waals surface area contributed by atoms with E-state index in [0.717, 1.165) is 56.7 Å². The van der Waals surface area contributed by atoms with Gasteiger partial charge in [0, 0.05) is 43.8 Å². The molecule has 0 saturated carbocycles. The van der Waals surface area contributed by atoms with Crippen molar-refractivity contribution in [1.29, 1.82) is 0 Å². The lowest BCUT2D eigenvalue weighted by molar-refractivity contribution is 0.0388. The maximum absolute atomic E-state index is 14.3. The van der Waals surface area contributed by atoms with Crippen molar-refractivity contribution in [2.45, 2.75) is 51.7 Å². The van der Waals surface area contributed by atoms with E-state index in [9.17, 15) is 4.79 Å². The van der Waals surface area contributed by atoms with E-state index in [1.807, 2.05) is 24.5 Å². The second-order valence-electron chi connectivity index (χ2n) is 11.5. The number of piperazine rings is 1. The smallest absolute Gasteiger partial charge is 0.275 e. The summed E-state index contributed by atoms with van der Waals surface area (Å²) in [5, 5.41) is 0. The summed E-state index contributed by atoms with van der Waals surface area (Å²) in [6.07, 6.45) is 4.83. The average molecular weight is 519 g/mol. The highest BCUT2D eigenvalue weighted by Gasteiger charge is 2.35. The Morgan fingerprint density at radius 2 is 1.51 bits per heavy atom. The fraction of sp³-hybridized carbons (Fsp3) is 0.353. The van der Waals surface area contributed by atoms with Crippen molar-refractivity contribution in [2.75, 3.05) is 19.6 Å². The molecule has 6 rings (SSSR count). The molecule has 0 unspecified atom stereocenters. The normalized spacial score (nSPS) is 18.0. The number of benzene rings is 3. The number of amides is 1. The van der Waals surface area contributed by atoms with E-state index in [1.165, 1.54) is 16.7 Å². The van der Waals surface area contributed by atoms with Crippen molar-refractivity contribution in [1.82, 2.24) is 19.4 Å². The van der Waals surface area contributed by atoms with Gasteiger partial charge in [-0.2, -0.15) is 0 Å². The van der Waals surface area contributed by atoms with Crippen LogP contribution in [0.2, 0.25) is 0 Å². The Kier molecular flexibility index (Phi) is 7.34. The van der Waals surface area contributed by atoms with Crippen molar-refractivity contribution >= 4 is 5.91 Å². The Bertz CT molecular complexity index is 1390. The largest absolute Gasteiger partial charge is 0.332 e. The van der Waals surface area contributed by atoms with Gasteiger partial charge in [-0.15, -0.1) is 0 Å². The summed E-state index contributed by atoms with van der Waals surface area (Å²) >= 11 is 0. The van der Waals surface area contributed by atoms with Crippen molar-refractivity contribution in [2.24, 2.45) is 5.92 Å². The third-order valence-corrected chi connectivity index (χ3v) is 8.29. The van der Waals surface area contributed by atoms with E-state index in [4.69, 9.17) is 4.98 Å². The van der Waals surface area contributed by atoms with Crippen LogP contribution in [0, 0.1) is 5.92 Å². The molecule has 39 heavy (non-hydrogen) atoms. The maximum Gasteiger partial charge on any atom is 0.275 e. The number of hydrogen-bond donors (Lipinski definition) is 0. The van der Waals surface area contributed by atoms with Crippen molar-refractivity contribution in [3.63, 3.8) is 0 Å². The third kappa shape index (κ3) is 5.41. The Hall–Kier alpha value is -3.70. The summed E-state index contributed by atoms with van der Waals surface area (Å²) in [6, 6.07) is 30.1. The maximum atomic E-state index is 14.3. The van der Waals surface area contributed by atoms with Crippen LogP contribution in [0.1, 0.15) is 53.5 Å². The van der Waals surface area contributed by atoms with Crippen molar-refractivity contribution in [3.05, 3.63) is 114 Å². The minimum atomic E-state index is 0.0631. The standard InChI is InChI=1S/C34H38N4O/c1-25(2)19-31-23-36(22-26-11-5-3-6-12-26)17-18-37(31)34(39)32-33(27-13-7-4-8-14-27)38(24-35-32)30-20-28-15-9-10-16-29(28)21-30/h3-16,24-25,30-31H,17-23H2,1-2H3/t31-/m1/s1. The SMILES string of the molecule is CC(C)C[C@@H]1CN(Cc2ccccc2)CCN1C(=O)c1ncn(C2Cc3ccccc3C2)c1-c1ccccc1. The molecule has 3 aromatic carbocycles. The van der Waals surface area contributed by atoms with E-state index in [0.29, 0.717) is 11.6 Å². The molecule has 1 aromatic heterocycles. The number of rotatable bonds is 7. The fourth-order valence-corrected chi connectivity index (χ4v) is 6.46. The van der Waals surface area contributed by atoms with Crippen LogP contribution in [0.15, 0.2) is 91.3 Å². The summed E-state index contributed by atoms with van der Waals surface area (Å²) in [5.41, 5.74) is 6.71. The molecule has 0 N–H and O–H groups in total. The molecule has 0 radical (unpaired) electrons. The predicted molar refractivity (Wildman–Crippen MR) is 157 cm³/mol. The second kappa shape index (κ2) is 11.2. The quantitative estimate of drug-likeness (QED) is 0.290. The number of hydrogen-bond acceptors (Lipinski definition) is 3. The molecule has 200 valence electrons. The van der Waals surface area contributed by atoms with E-state index in [-0.39, 0.29) is 18.0 Å². The zero-order chi connectivity index (χ0) is 26.8. The fourth-order valence-electron chi connectivity index (χ4n) is 6.46.